The van der Waals surface area contributed by atoms with Gasteiger partial charge in [0, 0.05) is 6.61 Å². The fourth-order valence-electron chi connectivity index (χ4n) is 1.63. The van der Waals surface area contributed by atoms with Crippen molar-refractivity contribution in [3.8, 4) is 0 Å². The van der Waals surface area contributed by atoms with Crippen LogP contribution in [0.3, 0.4) is 0 Å². The van der Waals surface area contributed by atoms with Crippen molar-refractivity contribution >= 4 is 5.97 Å². The van der Waals surface area contributed by atoms with E-state index in [1.165, 1.54) is 0 Å². The van der Waals surface area contributed by atoms with Crippen LogP contribution in [0.15, 0.2) is 30.3 Å². The highest BCUT2D eigenvalue weighted by atomic mass is 16.5. The largest absolute Gasteiger partial charge is 0.480 e. The van der Waals surface area contributed by atoms with Crippen LogP contribution in [-0.2, 0) is 9.53 Å². The lowest BCUT2D eigenvalue weighted by Crippen LogP contribution is -2.29. The van der Waals surface area contributed by atoms with E-state index in [-0.39, 0.29) is 6.10 Å². The zero-order chi connectivity index (χ0) is 13.4. The molecule has 100 valence electrons. The van der Waals surface area contributed by atoms with Crippen LogP contribution in [0.2, 0.25) is 0 Å². The van der Waals surface area contributed by atoms with E-state index in [0.717, 1.165) is 12.0 Å². The minimum Gasteiger partial charge on any atom is -0.480 e. The number of nitrogens with one attached hydrogen (secondary N) is 1. The quantitative estimate of drug-likeness (QED) is 0.695. The predicted octanol–water partition coefficient (Wildman–Crippen LogP) is 2.22. The van der Waals surface area contributed by atoms with Crippen LogP contribution in [0.1, 0.15) is 31.9 Å². The lowest BCUT2D eigenvalue weighted by molar-refractivity contribution is -0.139. The number of hydrogen-bond donors (Lipinski definition) is 2. The van der Waals surface area contributed by atoms with Gasteiger partial charge in [-0.1, -0.05) is 30.3 Å². The maximum Gasteiger partial charge on any atom is 0.325 e. The summed E-state index contributed by atoms with van der Waals surface area (Å²) in [5, 5.41) is 12.2. The van der Waals surface area contributed by atoms with E-state index in [1.807, 2.05) is 44.2 Å². The highest BCUT2D eigenvalue weighted by molar-refractivity contribution is 5.75. The number of hydrogen-bond acceptors (Lipinski definition) is 3. The van der Waals surface area contributed by atoms with Gasteiger partial charge >= 0.3 is 5.97 Å². The molecule has 0 fully saturated rings. The molecule has 2 N–H and O–H groups in total. The zero-order valence-corrected chi connectivity index (χ0v) is 10.9. The molecule has 0 heterocycles. The van der Waals surface area contributed by atoms with Gasteiger partial charge < -0.3 is 15.2 Å². The van der Waals surface area contributed by atoms with E-state index in [2.05, 4.69) is 5.32 Å². The summed E-state index contributed by atoms with van der Waals surface area (Å²) in [4.78, 5) is 11.2. The molecule has 0 aliphatic rings. The van der Waals surface area contributed by atoms with E-state index in [9.17, 15) is 9.90 Å². The Hall–Kier alpha value is -1.39. The lowest BCUT2D eigenvalue weighted by Gasteiger charge is -2.15. The van der Waals surface area contributed by atoms with Crippen LogP contribution in [-0.4, -0.2) is 30.3 Å². The zero-order valence-electron chi connectivity index (χ0n) is 10.9. The summed E-state index contributed by atoms with van der Waals surface area (Å²) in [5.41, 5.74) is 0.773. The molecule has 0 amide bonds. The van der Waals surface area contributed by atoms with E-state index in [0.29, 0.717) is 13.2 Å². The standard InChI is InChI=1S/C14H21NO3/c1-11(2)18-10-6-9-15-13(14(16)17)12-7-4-3-5-8-12/h3-5,7-8,11,13,15H,6,9-10H2,1-2H3,(H,16,17). The van der Waals surface area contributed by atoms with Crippen LogP contribution in [0.5, 0.6) is 0 Å². The van der Waals surface area contributed by atoms with Gasteiger partial charge in [0.05, 0.1) is 6.10 Å². The molecule has 4 nitrogen and oxygen atoms in total. The maximum atomic E-state index is 11.2. The van der Waals surface area contributed by atoms with Crippen molar-refractivity contribution in [2.24, 2.45) is 0 Å². The summed E-state index contributed by atoms with van der Waals surface area (Å²) in [6.45, 7) is 5.24. The van der Waals surface area contributed by atoms with Crippen LogP contribution in [0.25, 0.3) is 0 Å². The van der Waals surface area contributed by atoms with Crippen molar-refractivity contribution in [2.45, 2.75) is 32.4 Å². The molecule has 18 heavy (non-hydrogen) atoms. The Balaban J connectivity index is 2.38. The topological polar surface area (TPSA) is 58.6 Å². The molecule has 0 aliphatic heterocycles. The SMILES string of the molecule is CC(C)OCCCNC(C(=O)O)c1ccccc1. The number of carboxylic acids is 1. The Morgan fingerprint density at radius 3 is 2.56 bits per heavy atom. The fourth-order valence-corrected chi connectivity index (χ4v) is 1.63. The second-order valence-corrected chi connectivity index (χ2v) is 4.41. The van der Waals surface area contributed by atoms with Gasteiger partial charge in [-0.05, 0) is 32.4 Å². The minimum absolute atomic E-state index is 0.217. The lowest BCUT2D eigenvalue weighted by atomic mass is 10.1. The van der Waals surface area contributed by atoms with Crippen molar-refractivity contribution in [3.63, 3.8) is 0 Å². The molecule has 1 atom stereocenters. The molecule has 4 heteroatoms. The van der Waals surface area contributed by atoms with Gasteiger partial charge in [-0.15, -0.1) is 0 Å². The smallest absolute Gasteiger partial charge is 0.325 e. The van der Waals surface area contributed by atoms with Gasteiger partial charge in [0.2, 0.25) is 0 Å². The number of benzene rings is 1. The van der Waals surface area contributed by atoms with Crippen LogP contribution in [0.4, 0.5) is 0 Å². The Kier molecular flexibility index (Phi) is 6.39. The predicted molar refractivity (Wildman–Crippen MR) is 70.5 cm³/mol. The third-order valence-electron chi connectivity index (χ3n) is 2.50. The van der Waals surface area contributed by atoms with Gasteiger partial charge in [-0.3, -0.25) is 4.79 Å². The molecule has 0 bridgehead atoms. The molecule has 0 aromatic heterocycles. The van der Waals surface area contributed by atoms with E-state index in [1.54, 1.807) is 0 Å². The van der Waals surface area contributed by atoms with Crippen LogP contribution in [0, 0.1) is 0 Å². The number of aliphatic carboxylic acids is 1. The van der Waals surface area contributed by atoms with Crippen LogP contribution >= 0.6 is 0 Å². The van der Waals surface area contributed by atoms with Gasteiger partial charge in [0.25, 0.3) is 0 Å². The molecule has 1 aromatic rings. The summed E-state index contributed by atoms with van der Waals surface area (Å²) in [6.07, 6.45) is 1.02. The van der Waals surface area contributed by atoms with Gasteiger partial charge in [0.1, 0.15) is 6.04 Å². The molecule has 1 unspecified atom stereocenters. The molecule has 1 rings (SSSR count). The first-order valence-electron chi connectivity index (χ1n) is 6.24. The van der Waals surface area contributed by atoms with Crippen molar-refractivity contribution in [3.05, 3.63) is 35.9 Å². The second-order valence-electron chi connectivity index (χ2n) is 4.41. The van der Waals surface area contributed by atoms with E-state index < -0.39 is 12.0 Å². The van der Waals surface area contributed by atoms with Crippen molar-refractivity contribution in [1.82, 2.24) is 5.32 Å². The number of ether oxygens (including phenoxy) is 1. The van der Waals surface area contributed by atoms with Gasteiger partial charge in [0.15, 0.2) is 0 Å². The highest BCUT2D eigenvalue weighted by Gasteiger charge is 2.17. The molecule has 0 spiro atoms. The maximum absolute atomic E-state index is 11.2. The first-order chi connectivity index (χ1) is 8.61. The third-order valence-corrected chi connectivity index (χ3v) is 2.50. The summed E-state index contributed by atoms with van der Waals surface area (Å²) < 4.78 is 5.40. The summed E-state index contributed by atoms with van der Waals surface area (Å²) >= 11 is 0. The average molecular weight is 251 g/mol. The Morgan fingerprint density at radius 1 is 1.33 bits per heavy atom. The van der Waals surface area contributed by atoms with Gasteiger partial charge in [-0.25, -0.2) is 0 Å². The molecule has 0 aliphatic carbocycles. The third kappa shape index (κ3) is 5.29. The fraction of sp³-hybridized carbons (Fsp3) is 0.500. The monoisotopic (exact) mass is 251 g/mol. The number of carboxylic acid groups (broad SMARTS) is 1. The normalized spacial score (nSPS) is 12.6. The molecule has 1 aromatic carbocycles. The first kappa shape index (κ1) is 14.7. The molecule has 0 saturated heterocycles. The summed E-state index contributed by atoms with van der Waals surface area (Å²) in [5.74, 6) is -0.856. The van der Waals surface area contributed by atoms with Crippen LogP contribution < -0.4 is 5.32 Å². The molecule has 0 radical (unpaired) electrons. The summed E-state index contributed by atoms with van der Waals surface area (Å²) in [7, 11) is 0. The van der Waals surface area contributed by atoms with Crippen molar-refractivity contribution in [1.29, 1.82) is 0 Å². The highest BCUT2D eigenvalue weighted by Crippen LogP contribution is 2.12. The Morgan fingerprint density at radius 2 is 2.00 bits per heavy atom. The Bertz CT molecular complexity index is 351. The van der Waals surface area contributed by atoms with Crippen molar-refractivity contribution in [2.75, 3.05) is 13.2 Å². The summed E-state index contributed by atoms with van der Waals surface area (Å²) in [6, 6.07) is 8.54. The average Bonchev–Trinajstić information content (AvgIpc) is 2.34. The number of rotatable bonds is 8. The van der Waals surface area contributed by atoms with E-state index in [4.69, 9.17) is 4.74 Å². The molecular formula is C14H21NO3. The van der Waals surface area contributed by atoms with E-state index >= 15 is 0 Å². The number of carbonyl (C=O) groups is 1. The molecular weight excluding hydrogens is 230 g/mol. The van der Waals surface area contributed by atoms with Gasteiger partial charge in [-0.2, -0.15) is 0 Å². The molecule has 0 saturated carbocycles. The minimum atomic E-state index is -0.856. The second kappa shape index (κ2) is 7.84. The Labute approximate surface area is 108 Å². The first-order valence-corrected chi connectivity index (χ1v) is 6.24. The van der Waals surface area contributed by atoms with Crippen molar-refractivity contribution < 1.29 is 14.6 Å².